The van der Waals surface area contributed by atoms with Crippen LogP contribution in [-0.2, 0) is 23.8 Å². The standard InChI is InChI=1S/C21H28O7/c1-11-12-4-5-15-19(17(23)26-2)6-3-7-20(15,18(24)27-10-19)14(12)9-21(25)13(11)8-16(22)28-21/h8,11-12,14-15,18,24-25H,3-7,9-10H2,1-2H3/t11-,12+,14+,15+,18-,19-,20?,21-/m1/s1. The molecule has 28 heavy (non-hydrogen) atoms. The average Bonchev–Trinajstić information content (AvgIpc) is 2.98. The van der Waals surface area contributed by atoms with E-state index in [1.165, 1.54) is 13.2 Å². The number of rotatable bonds is 1. The molecule has 4 fully saturated rings. The number of aliphatic hydroxyl groups excluding tert-OH is 1. The SMILES string of the molecule is COC(=O)[C@]12CCCC3([C@H](O)OC1)[C@H]2CC[C@H]1[C@@H](C)C2=CC(=O)O[C@]2(O)C[C@@H]13. The predicted octanol–water partition coefficient (Wildman–Crippen LogP) is 1.52. The highest BCUT2D eigenvalue weighted by atomic mass is 16.7. The first kappa shape index (κ1) is 18.6. The molecule has 2 aliphatic heterocycles. The number of ether oxygens (including phenoxy) is 3. The molecule has 0 aromatic heterocycles. The minimum Gasteiger partial charge on any atom is -0.469 e. The zero-order valence-electron chi connectivity index (χ0n) is 16.3. The molecule has 2 N–H and O–H groups in total. The largest absolute Gasteiger partial charge is 0.469 e. The predicted molar refractivity (Wildman–Crippen MR) is 95.3 cm³/mol. The number of carbonyl (C=O) groups excluding carboxylic acids is 2. The smallest absolute Gasteiger partial charge is 0.333 e. The Bertz CT molecular complexity index is 762. The van der Waals surface area contributed by atoms with E-state index in [2.05, 4.69) is 0 Å². The summed E-state index contributed by atoms with van der Waals surface area (Å²) < 4.78 is 16.3. The molecule has 154 valence electrons. The molecule has 7 heteroatoms. The maximum atomic E-state index is 12.9. The molecule has 1 unspecified atom stereocenters. The first-order valence-corrected chi connectivity index (χ1v) is 10.3. The number of fused-ring (bicyclic) bond motifs is 2. The first-order chi connectivity index (χ1) is 13.3. The van der Waals surface area contributed by atoms with Gasteiger partial charge in [-0.3, -0.25) is 4.79 Å². The van der Waals surface area contributed by atoms with Crippen molar-refractivity contribution in [2.45, 2.75) is 57.5 Å². The lowest BCUT2D eigenvalue weighted by Crippen LogP contribution is -2.69. The van der Waals surface area contributed by atoms with Crippen LogP contribution in [0.4, 0.5) is 0 Å². The number of carbonyl (C=O) groups is 2. The second kappa shape index (κ2) is 5.80. The van der Waals surface area contributed by atoms with Crippen LogP contribution in [0.3, 0.4) is 0 Å². The Morgan fingerprint density at radius 1 is 1.32 bits per heavy atom. The molecule has 0 aromatic rings. The lowest BCUT2D eigenvalue weighted by Gasteiger charge is -2.67. The molecule has 5 rings (SSSR count). The lowest BCUT2D eigenvalue weighted by molar-refractivity contribution is -0.331. The van der Waals surface area contributed by atoms with Gasteiger partial charge in [0.1, 0.15) is 0 Å². The molecule has 0 aromatic carbocycles. The summed E-state index contributed by atoms with van der Waals surface area (Å²) in [6.45, 7) is 2.20. The second-order valence-corrected chi connectivity index (χ2v) is 9.48. The van der Waals surface area contributed by atoms with Gasteiger partial charge in [0.2, 0.25) is 5.79 Å². The van der Waals surface area contributed by atoms with Crippen molar-refractivity contribution in [2.24, 2.45) is 34.5 Å². The van der Waals surface area contributed by atoms with E-state index < -0.39 is 28.9 Å². The molecule has 8 atom stereocenters. The third-order valence-electron chi connectivity index (χ3n) is 8.72. The third-order valence-corrected chi connectivity index (χ3v) is 8.72. The van der Waals surface area contributed by atoms with E-state index in [0.717, 1.165) is 25.7 Å². The zero-order valence-corrected chi connectivity index (χ0v) is 16.3. The molecule has 2 bridgehead atoms. The fraction of sp³-hybridized carbons (Fsp3) is 0.810. The molecule has 0 radical (unpaired) electrons. The highest BCUT2D eigenvalue weighted by molar-refractivity contribution is 5.86. The number of hydrogen-bond acceptors (Lipinski definition) is 7. The second-order valence-electron chi connectivity index (χ2n) is 9.48. The van der Waals surface area contributed by atoms with Crippen molar-refractivity contribution in [3.05, 3.63) is 11.6 Å². The van der Waals surface area contributed by atoms with Crippen molar-refractivity contribution < 1.29 is 34.0 Å². The molecular formula is C21H28O7. The lowest BCUT2D eigenvalue weighted by atomic mass is 9.40. The Labute approximate surface area is 164 Å². The van der Waals surface area contributed by atoms with E-state index in [-0.39, 0.29) is 42.7 Å². The highest BCUT2D eigenvalue weighted by Gasteiger charge is 2.71. The quantitative estimate of drug-likeness (QED) is 0.652. The molecule has 0 spiro atoms. The Morgan fingerprint density at radius 3 is 2.86 bits per heavy atom. The Balaban J connectivity index is 1.61. The van der Waals surface area contributed by atoms with Gasteiger partial charge in [0, 0.05) is 23.5 Å². The van der Waals surface area contributed by atoms with E-state index in [9.17, 15) is 19.8 Å². The van der Waals surface area contributed by atoms with E-state index in [4.69, 9.17) is 14.2 Å². The van der Waals surface area contributed by atoms with Crippen molar-refractivity contribution in [2.75, 3.05) is 13.7 Å². The fourth-order valence-corrected chi connectivity index (χ4v) is 7.67. The van der Waals surface area contributed by atoms with Crippen LogP contribution < -0.4 is 0 Å². The third kappa shape index (κ3) is 2.05. The van der Waals surface area contributed by atoms with Crippen LogP contribution in [0.2, 0.25) is 0 Å². The number of aliphatic hydroxyl groups is 2. The van der Waals surface area contributed by atoms with Gasteiger partial charge in [-0.1, -0.05) is 13.3 Å². The van der Waals surface area contributed by atoms with Crippen LogP contribution in [0.15, 0.2) is 11.6 Å². The van der Waals surface area contributed by atoms with Crippen molar-refractivity contribution in [1.82, 2.24) is 0 Å². The molecule has 5 aliphatic rings. The number of methoxy groups -OCH3 is 1. The van der Waals surface area contributed by atoms with Gasteiger partial charge in [-0.15, -0.1) is 0 Å². The Morgan fingerprint density at radius 2 is 2.11 bits per heavy atom. The maximum Gasteiger partial charge on any atom is 0.333 e. The average molecular weight is 392 g/mol. The van der Waals surface area contributed by atoms with E-state index in [0.29, 0.717) is 12.0 Å². The number of esters is 2. The van der Waals surface area contributed by atoms with Gasteiger partial charge < -0.3 is 24.4 Å². The summed E-state index contributed by atoms with van der Waals surface area (Å²) in [6, 6.07) is 0. The fourth-order valence-electron chi connectivity index (χ4n) is 7.67. The minimum absolute atomic E-state index is 0.0332. The maximum absolute atomic E-state index is 12.9. The summed E-state index contributed by atoms with van der Waals surface area (Å²) in [5.41, 5.74) is -0.737. The van der Waals surface area contributed by atoms with Crippen LogP contribution in [0, 0.1) is 34.5 Å². The Kier molecular flexibility index (Phi) is 3.85. The van der Waals surface area contributed by atoms with E-state index in [1.54, 1.807) is 0 Å². The van der Waals surface area contributed by atoms with E-state index >= 15 is 0 Å². The van der Waals surface area contributed by atoms with Crippen LogP contribution >= 0.6 is 0 Å². The van der Waals surface area contributed by atoms with Gasteiger partial charge in [0.15, 0.2) is 6.29 Å². The Hall–Kier alpha value is -1.44. The van der Waals surface area contributed by atoms with Gasteiger partial charge in [0.25, 0.3) is 0 Å². The summed E-state index contributed by atoms with van der Waals surface area (Å²) >= 11 is 0. The molecule has 7 nitrogen and oxygen atoms in total. The van der Waals surface area contributed by atoms with Crippen molar-refractivity contribution in [3.8, 4) is 0 Å². The number of hydrogen-bond donors (Lipinski definition) is 2. The normalized spacial score (nSPS) is 51.9. The monoisotopic (exact) mass is 392 g/mol. The highest BCUT2D eigenvalue weighted by Crippen LogP contribution is 2.69. The van der Waals surface area contributed by atoms with Crippen molar-refractivity contribution in [1.29, 1.82) is 0 Å². The van der Waals surface area contributed by atoms with Gasteiger partial charge in [0.05, 0.1) is 19.1 Å². The van der Waals surface area contributed by atoms with Crippen LogP contribution in [-0.4, -0.2) is 47.9 Å². The summed E-state index contributed by atoms with van der Waals surface area (Å²) in [5.74, 6) is -2.39. The van der Waals surface area contributed by atoms with Crippen LogP contribution in [0.1, 0.15) is 45.4 Å². The summed E-state index contributed by atoms with van der Waals surface area (Å²) in [6.07, 6.45) is 4.58. The van der Waals surface area contributed by atoms with Gasteiger partial charge in [-0.25, -0.2) is 4.79 Å². The molecule has 3 saturated carbocycles. The van der Waals surface area contributed by atoms with Crippen molar-refractivity contribution >= 4 is 11.9 Å². The summed E-state index contributed by atoms with van der Waals surface area (Å²) in [4.78, 5) is 24.8. The molecule has 1 saturated heterocycles. The first-order valence-electron chi connectivity index (χ1n) is 10.3. The molecule has 3 aliphatic carbocycles. The van der Waals surface area contributed by atoms with Gasteiger partial charge >= 0.3 is 11.9 Å². The van der Waals surface area contributed by atoms with E-state index in [1.807, 2.05) is 6.92 Å². The van der Waals surface area contributed by atoms with Crippen LogP contribution in [0.25, 0.3) is 0 Å². The van der Waals surface area contributed by atoms with Gasteiger partial charge in [-0.05, 0) is 49.4 Å². The zero-order chi connectivity index (χ0) is 19.9. The molecular weight excluding hydrogens is 364 g/mol. The topological polar surface area (TPSA) is 102 Å². The molecule has 2 heterocycles. The van der Waals surface area contributed by atoms with Crippen molar-refractivity contribution in [3.63, 3.8) is 0 Å². The summed E-state index contributed by atoms with van der Waals surface area (Å²) in [7, 11) is 1.41. The van der Waals surface area contributed by atoms with Crippen LogP contribution in [0.5, 0.6) is 0 Å². The molecule has 0 amide bonds. The van der Waals surface area contributed by atoms with Gasteiger partial charge in [-0.2, -0.15) is 0 Å². The summed E-state index contributed by atoms with van der Waals surface area (Å²) in [5, 5.41) is 22.3. The minimum atomic E-state index is -1.61.